The summed E-state index contributed by atoms with van der Waals surface area (Å²) >= 11 is 0. The zero-order valence-corrected chi connectivity index (χ0v) is 19.8. The molecule has 0 aliphatic heterocycles. The summed E-state index contributed by atoms with van der Waals surface area (Å²) in [5.41, 5.74) is 8.02. The van der Waals surface area contributed by atoms with Crippen molar-refractivity contribution >= 4 is 22.9 Å². The SMILES string of the molecule is O=C(/C=C/c1ccc2c(c1)CCC2N(CCc1c[nH]c2ccccc12)Cc1cccc(O)c1O)NO. The number of aromatic amines is 1. The van der Waals surface area contributed by atoms with Gasteiger partial charge >= 0.3 is 0 Å². The van der Waals surface area contributed by atoms with Crippen LogP contribution in [0.2, 0.25) is 0 Å². The number of rotatable bonds is 8. The van der Waals surface area contributed by atoms with Gasteiger partial charge in [-0.2, -0.15) is 0 Å². The van der Waals surface area contributed by atoms with Crippen LogP contribution in [0.1, 0.15) is 40.3 Å². The summed E-state index contributed by atoms with van der Waals surface area (Å²) in [6, 6.07) is 19.7. The monoisotopic (exact) mass is 483 g/mol. The minimum atomic E-state index is -0.567. The quantitative estimate of drug-likeness (QED) is 0.107. The fourth-order valence-electron chi connectivity index (χ4n) is 5.18. The molecule has 0 bridgehead atoms. The molecule has 0 radical (unpaired) electrons. The normalized spacial score (nSPS) is 15.1. The molecule has 1 unspecified atom stereocenters. The first-order valence-electron chi connectivity index (χ1n) is 12.1. The molecule has 0 spiro atoms. The van der Waals surface area contributed by atoms with Crippen LogP contribution < -0.4 is 5.48 Å². The zero-order chi connectivity index (χ0) is 25.1. The Morgan fingerprint density at radius 1 is 1.08 bits per heavy atom. The molecule has 7 nitrogen and oxygen atoms in total. The molecule has 36 heavy (non-hydrogen) atoms. The van der Waals surface area contributed by atoms with Crippen LogP contribution in [0.4, 0.5) is 0 Å². The highest BCUT2D eigenvalue weighted by molar-refractivity contribution is 5.90. The maximum absolute atomic E-state index is 11.3. The number of aryl methyl sites for hydroxylation is 1. The maximum Gasteiger partial charge on any atom is 0.267 e. The number of fused-ring (bicyclic) bond motifs is 2. The van der Waals surface area contributed by atoms with Gasteiger partial charge in [-0.1, -0.05) is 48.5 Å². The first kappa shape index (κ1) is 23.7. The van der Waals surface area contributed by atoms with E-state index in [1.807, 2.05) is 24.3 Å². The van der Waals surface area contributed by atoms with Gasteiger partial charge in [0.1, 0.15) is 0 Å². The van der Waals surface area contributed by atoms with Crippen LogP contribution in [0.3, 0.4) is 0 Å². The van der Waals surface area contributed by atoms with E-state index in [4.69, 9.17) is 5.21 Å². The predicted molar refractivity (Wildman–Crippen MR) is 139 cm³/mol. The Hall–Kier alpha value is -4.07. The van der Waals surface area contributed by atoms with Crippen molar-refractivity contribution in [2.24, 2.45) is 0 Å². The van der Waals surface area contributed by atoms with Crippen LogP contribution in [-0.2, 0) is 24.2 Å². The number of para-hydroxylation sites is 2. The minimum absolute atomic E-state index is 0.0736. The van der Waals surface area contributed by atoms with Crippen LogP contribution in [-0.4, -0.2) is 37.8 Å². The zero-order valence-electron chi connectivity index (χ0n) is 19.8. The fraction of sp³-hybridized carbons (Fsp3) is 0.207. The number of amides is 1. The Kier molecular flexibility index (Phi) is 6.75. The van der Waals surface area contributed by atoms with Crippen molar-refractivity contribution in [1.82, 2.24) is 15.4 Å². The summed E-state index contributed by atoms with van der Waals surface area (Å²) in [5.74, 6) is -0.752. The van der Waals surface area contributed by atoms with Crippen LogP contribution in [0.5, 0.6) is 11.5 Å². The Labute approximate surface area is 209 Å². The van der Waals surface area contributed by atoms with Crippen LogP contribution >= 0.6 is 0 Å². The molecule has 5 rings (SSSR count). The van der Waals surface area contributed by atoms with Crippen molar-refractivity contribution in [3.8, 4) is 11.5 Å². The van der Waals surface area contributed by atoms with Gasteiger partial charge in [0.05, 0.1) is 0 Å². The number of nitrogens with one attached hydrogen (secondary N) is 2. The lowest BCUT2D eigenvalue weighted by Gasteiger charge is -2.30. The van der Waals surface area contributed by atoms with E-state index >= 15 is 0 Å². The smallest absolute Gasteiger partial charge is 0.267 e. The summed E-state index contributed by atoms with van der Waals surface area (Å²) in [5, 5.41) is 30.5. The number of hydrogen-bond acceptors (Lipinski definition) is 5. The van der Waals surface area contributed by atoms with Gasteiger partial charge < -0.3 is 15.2 Å². The number of aromatic hydroxyl groups is 2. The van der Waals surface area contributed by atoms with Gasteiger partial charge in [0, 0.05) is 47.9 Å². The van der Waals surface area contributed by atoms with E-state index in [0.717, 1.165) is 36.9 Å². The van der Waals surface area contributed by atoms with Crippen LogP contribution in [0, 0.1) is 0 Å². The van der Waals surface area contributed by atoms with E-state index in [1.165, 1.54) is 34.2 Å². The van der Waals surface area contributed by atoms with Gasteiger partial charge in [0.2, 0.25) is 0 Å². The number of hydroxylamine groups is 1. The highest BCUT2D eigenvalue weighted by atomic mass is 16.5. The molecule has 184 valence electrons. The molecule has 4 aromatic rings. The maximum atomic E-state index is 11.3. The second-order valence-electron chi connectivity index (χ2n) is 9.19. The third-order valence-electron chi connectivity index (χ3n) is 7.01. The molecule has 7 heteroatoms. The lowest BCUT2D eigenvalue weighted by Crippen LogP contribution is -2.29. The van der Waals surface area contributed by atoms with Gasteiger partial charge in [-0.3, -0.25) is 14.9 Å². The minimum Gasteiger partial charge on any atom is -0.504 e. The Morgan fingerprint density at radius 3 is 2.81 bits per heavy atom. The summed E-state index contributed by atoms with van der Waals surface area (Å²) < 4.78 is 0. The van der Waals surface area contributed by atoms with Gasteiger partial charge in [-0.05, 0) is 59.7 Å². The molecule has 1 aliphatic carbocycles. The second kappa shape index (κ2) is 10.3. The highest BCUT2D eigenvalue weighted by Crippen LogP contribution is 2.39. The molecule has 3 aromatic carbocycles. The van der Waals surface area contributed by atoms with Gasteiger partial charge in [-0.15, -0.1) is 0 Å². The number of aromatic nitrogens is 1. The molecule has 1 atom stereocenters. The number of nitrogens with zero attached hydrogens (tertiary/aromatic N) is 1. The summed E-state index contributed by atoms with van der Waals surface area (Å²) in [4.78, 5) is 17.1. The molecule has 5 N–H and O–H groups in total. The second-order valence-corrected chi connectivity index (χ2v) is 9.19. The van der Waals surface area contributed by atoms with Crippen molar-refractivity contribution in [3.05, 3.63) is 101 Å². The molecule has 1 heterocycles. The van der Waals surface area contributed by atoms with Crippen molar-refractivity contribution < 1.29 is 20.2 Å². The van der Waals surface area contributed by atoms with E-state index in [9.17, 15) is 15.0 Å². The van der Waals surface area contributed by atoms with E-state index < -0.39 is 5.91 Å². The highest BCUT2D eigenvalue weighted by Gasteiger charge is 2.29. The average Bonchev–Trinajstić information content (AvgIpc) is 3.51. The number of benzene rings is 3. The largest absolute Gasteiger partial charge is 0.504 e. The first-order chi connectivity index (χ1) is 17.5. The summed E-state index contributed by atoms with van der Waals surface area (Å²) in [6.45, 7) is 1.28. The van der Waals surface area contributed by atoms with E-state index in [1.54, 1.807) is 17.6 Å². The lowest BCUT2D eigenvalue weighted by molar-refractivity contribution is -0.124. The molecule has 0 saturated carbocycles. The van der Waals surface area contributed by atoms with E-state index in [-0.39, 0.29) is 17.5 Å². The van der Waals surface area contributed by atoms with Gasteiger partial charge in [-0.25, -0.2) is 5.48 Å². The third kappa shape index (κ3) is 4.84. The van der Waals surface area contributed by atoms with Crippen LogP contribution in [0.25, 0.3) is 17.0 Å². The van der Waals surface area contributed by atoms with E-state index in [0.29, 0.717) is 12.1 Å². The number of H-pyrrole nitrogens is 1. The molecular formula is C29H29N3O4. The fourth-order valence-corrected chi connectivity index (χ4v) is 5.18. The van der Waals surface area contributed by atoms with Crippen LogP contribution in [0.15, 0.2) is 72.9 Å². The van der Waals surface area contributed by atoms with Gasteiger partial charge in [0.25, 0.3) is 5.91 Å². The standard InChI is InChI=1S/C29H29N3O4/c33-27-7-3-4-22(29(27)35)18-32(15-14-21-17-30-25-6-2-1-5-23(21)25)26-12-10-20-16-19(8-11-24(20)26)9-13-28(34)31-36/h1-9,11,13,16-17,26,30,33,35-36H,10,12,14-15,18H2,(H,31,34)/b13-9+. The number of phenols is 2. The third-order valence-corrected chi connectivity index (χ3v) is 7.01. The Morgan fingerprint density at radius 2 is 1.94 bits per heavy atom. The summed E-state index contributed by atoms with van der Waals surface area (Å²) in [7, 11) is 0. The molecule has 1 amide bonds. The molecule has 1 aliphatic rings. The average molecular weight is 484 g/mol. The molecule has 0 fully saturated rings. The van der Waals surface area contributed by atoms with Crippen molar-refractivity contribution in [1.29, 1.82) is 0 Å². The van der Waals surface area contributed by atoms with Crippen molar-refractivity contribution in [2.75, 3.05) is 6.54 Å². The molecule has 0 saturated heterocycles. The number of carbonyl (C=O) groups is 1. The van der Waals surface area contributed by atoms with Crippen molar-refractivity contribution in [3.63, 3.8) is 0 Å². The molecular weight excluding hydrogens is 454 g/mol. The number of phenolic OH excluding ortho intramolecular Hbond substituents is 2. The molecule has 1 aromatic heterocycles. The Bertz CT molecular complexity index is 1430. The number of carbonyl (C=O) groups excluding carboxylic acids is 1. The van der Waals surface area contributed by atoms with E-state index in [2.05, 4.69) is 40.3 Å². The topological polar surface area (TPSA) is 109 Å². The first-order valence-corrected chi connectivity index (χ1v) is 12.1. The van der Waals surface area contributed by atoms with Crippen molar-refractivity contribution in [2.45, 2.75) is 31.8 Å². The summed E-state index contributed by atoms with van der Waals surface area (Å²) in [6.07, 6.45) is 7.73. The van der Waals surface area contributed by atoms with Gasteiger partial charge in [0.15, 0.2) is 11.5 Å². The lowest BCUT2D eigenvalue weighted by atomic mass is 10.0. The number of hydrogen-bond donors (Lipinski definition) is 5. The Balaban J connectivity index is 1.42. The predicted octanol–water partition coefficient (Wildman–Crippen LogP) is 4.83.